The predicted octanol–water partition coefficient (Wildman–Crippen LogP) is 4.78. The number of methoxy groups -OCH3 is 1. The molecule has 4 aromatic rings. The Bertz CT molecular complexity index is 1280. The normalized spacial score (nSPS) is 15.8. The quantitative estimate of drug-likeness (QED) is 0.381. The van der Waals surface area contributed by atoms with Crippen molar-refractivity contribution in [2.24, 2.45) is 0 Å². The maximum absolute atomic E-state index is 13.2. The number of nitrogens with zero attached hydrogens (tertiary/aromatic N) is 3. The Kier molecular flexibility index (Phi) is 6.16. The molecule has 1 saturated heterocycles. The summed E-state index contributed by atoms with van der Waals surface area (Å²) in [7, 11) is 1.64. The van der Waals surface area contributed by atoms with Gasteiger partial charge in [0.2, 0.25) is 5.91 Å². The molecule has 3 aromatic carbocycles. The van der Waals surface area contributed by atoms with Gasteiger partial charge in [-0.15, -0.1) is 0 Å². The molecule has 0 saturated carbocycles. The monoisotopic (exact) mass is 459 g/mol. The molecule has 6 nitrogen and oxygen atoms in total. The van der Waals surface area contributed by atoms with E-state index < -0.39 is 0 Å². The number of carbonyl (C=O) groups excluding carboxylic acids is 1. The second-order valence-corrected chi connectivity index (χ2v) is 8.44. The van der Waals surface area contributed by atoms with Crippen LogP contribution in [0.5, 0.6) is 11.5 Å². The maximum atomic E-state index is 13.2. The highest BCUT2D eigenvalue weighted by atomic mass is 19.1. The molecular formula is C27H26FN3O3. The van der Waals surface area contributed by atoms with Crippen molar-refractivity contribution >= 4 is 16.9 Å². The summed E-state index contributed by atoms with van der Waals surface area (Å²) in [6.07, 6.45) is 0.407. The minimum absolute atomic E-state index is 0.0127. The average Bonchev–Trinajstić information content (AvgIpc) is 3.41. The Balaban J connectivity index is 1.33. The molecule has 5 rings (SSSR count). The second-order valence-electron chi connectivity index (χ2n) is 8.44. The van der Waals surface area contributed by atoms with Gasteiger partial charge in [-0.25, -0.2) is 9.37 Å². The van der Waals surface area contributed by atoms with Gasteiger partial charge in [-0.1, -0.05) is 24.3 Å². The molecule has 1 aliphatic heterocycles. The predicted molar refractivity (Wildman–Crippen MR) is 127 cm³/mol. The van der Waals surface area contributed by atoms with E-state index in [2.05, 4.69) is 4.57 Å². The molecule has 1 aliphatic rings. The van der Waals surface area contributed by atoms with Crippen LogP contribution in [0.1, 0.15) is 23.7 Å². The van der Waals surface area contributed by atoms with Crippen molar-refractivity contribution in [1.29, 1.82) is 0 Å². The fourth-order valence-corrected chi connectivity index (χ4v) is 4.48. The number of carbonyl (C=O) groups is 1. The van der Waals surface area contributed by atoms with Crippen LogP contribution in [0.15, 0.2) is 72.8 Å². The van der Waals surface area contributed by atoms with E-state index in [9.17, 15) is 9.18 Å². The van der Waals surface area contributed by atoms with Crippen molar-refractivity contribution in [2.45, 2.75) is 25.4 Å². The average molecular weight is 460 g/mol. The van der Waals surface area contributed by atoms with E-state index in [1.54, 1.807) is 19.2 Å². The fourth-order valence-electron chi connectivity index (χ4n) is 4.48. The van der Waals surface area contributed by atoms with Crippen LogP contribution in [0.4, 0.5) is 4.39 Å². The molecule has 1 fully saturated rings. The first kappa shape index (κ1) is 21.9. The Labute approximate surface area is 197 Å². The van der Waals surface area contributed by atoms with Gasteiger partial charge in [0.25, 0.3) is 0 Å². The molecule has 7 heteroatoms. The number of benzene rings is 3. The number of imidazole rings is 1. The van der Waals surface area contributed by atoms with Gasteiger partial charge in [-0.3, -0.25) is 4.79 Å². The lowest BCUT2D eigenvalue weighted by atomic mass is 10.1. The summed E-state index contributed by atoms with van der Waals surface area (Å²) in [6.45, 7) is 2.14. The largest absolute Gasteiger partial charge is 0.497 e. The van der Waals surface area contributed by atoms with Crippen molar-refractivity contribution in [2.75, 3.05) is 20.3 Å². The van der Waals surface area contributed by atoms with Crippen molar-refractivity contribution in [1.82, 2.24) is 14.5 Å². The number of ether oxygens (including phenoxy) is 2. The molecule has 1 amide bonds. The summed E-state index contributed by atoms with van der Waals surface area (Å²) in [5.74, 6) is 2.25. The molecule has 0 bridgehead atoms. The number of halogens is 1. The van der Waals surface area contributed by atoms with Gasteiger partial charge in [0, 0.05) is 25.4 Å². The van der Waals surface area contributed by atoms with E-state index >= 15 is 0 Å². The number of amides is 1. The summed E-state index contributed by atoms with van der Waals surface area (Å²) in [6, 6.07) is 21.8. The third-order valence-electron chi connectivity index (χ3n) is 6.19. The molecule has 0 spiro atoms. The van der Waals surface area contributed by atoms with Crippen molar-refractivity contribution in [3.8, 4) is 11.5 Å². The first-order chi connectivity index (χ1) is 16.6. The van der Waals surface area contributed by atoms with E-state index in [0.29, 0.717) is 32.7 Å². The van der Waals surface area contributed by atoms with Crippen LogP contribution in [0.25, 0.3) is 11.0 Å². The Morgan fingerprint density at radius 1 is 1.00 bits per heavy atom. The summed E-state index contributed by atoms with van der Waals surface area (Å²) >= 11 is 0. The molecule has 2 heterocycles. The lowest BCUT2D eigenvalue weighted by Crippen LogP contribution is -2.24. The number of hydrogen-bond donors (Lipinski definition) is 0. The lowest BCUT2D eigenvalue weighted by molar-refractivity contribution is -0.128. The minimum atomic E-state index is -0.278. The van der Waals surface area contributed by atoms with Gasteiger partial charge in [0.15, 0.2) is 0 Å². The van der Waals surface area contributed by atoms with E-state index in [-0.39, 0.29) is 17.6 Å². The number of rotatable bonds is 8. The van der Waals surface area contributed by atoms with E-state index in [4.69, 9.17) is 14.5 Å². The Hall–Kier alpha value is -3.87. The highest BCUT2D eigenvalue weighted by Crippen LogP contribution is 2.31. The first-order valence-corrected chi connectivity index (χ1v) is 11.3. The van der Waals surface area contributed by atoms with Crippen molar-refractivity contribution in [3.05, 3.63) is 90.0 Å². The summed E-state index contributed by atoms with van der Waals surface area (Å²) in [5, 5.41) is 0. The van der Waals surface area contributed by atoms with Gasteiger partial charge < -0.3 is 18.9 Å². The molecule has 1 aromatic heterocycles. The maximum Gasteiger partial charge on any atom is 0.223 e. The summed E-state index contributed by atoms with van der Waals surface area (Å²) in [5.41, 5.74) is 2.85. The zero-order valence-electron chi connectivity index (χ0n) is 19.0. The van der Waals surface area contributed by atoms with Gasteiger partial charge in [-0.2, -0.15) is 0 Å². The number of aromatic nitrogens is 2. The van der Waals surface area contributed by atoms with E-state index in [0.717, 1.165) is 33.9 Å². The molecule has 0 aliphatic carbocycles. The zero-order valence-corrected chi connectivity index (χ0v) is 19.0. The molecule has 0 radical (unpaired) electrons. The van der Waals surface area contributed by atoms with Crippen LogP contribution in [-0.4, -0.2) is 40.6 Å². The number of para-hydroxylation sites is 2. The topological polar surface area (TPSA) is 56.6 Å². The van der Waals surface area contributed by atoms with Crippen LogP contribution in [0.2, 0.25) is 0 Å². The number of fused-ring (bicyclic) bond motifs is 1. The minimum Gasteiger partial charge on any atom is -0.497 e. The Morgan fingerprint density at radius 2 is 1.74 bits per heavy atom. The van der Waals surface area contributed by atoms with Gasteiger partial charge in [0.05, 0.1) is 24.7 Å². The highest BCUT2D eigenvalue weighted by Gasteiger charge is 2.34. The van der Waals surface area contributed by atoms with Crippen LogP contribution in [0.3, 0.4) is 0 Å². The molecular weight excluding hydrogens is 433 g/mol. The van der Waals surface area contributed by atoms with E-state index in [1.807, 2.05) is 53.4 Å². The first-order valence-electron chi connectivity index (χ1n) is 11.3. The van der Waals surface area contributed by atoms with Gasteiger partial charge >= 0.3 is 0 Å². The lowest BCUT2D eigenvalue weighted by Gasteiger charge is -2.17. The second kappa shape index (κ2) is 9.55. The molecule has 34 heavy (non-hydrogen) atoms. The van der Waals surface area contributed by atoms with Gasteiger partial charge in [0.1, 0.15) is 29.7 Å². The Morgan fingerprint density at radius 3 is 2.50 bits per heavy atom. The van der Waals surface area contributed by atoms with Crippen LogP contribution >= 0.6 is 0 Å². The zero-order chi connectivity index (χ0) is 23.5. The third kappa shape index (κ3) is 4.59. The highest BCUT2D eigenvalue weighted by molar-refractivity contribution is 5.81. The number of likely N-dealkylation sites (tertiary alicyclic amines) is 1. The smallest absolute Gasteiger partial charge is 0.223 e. The molecule has 1 atom stereocenters. The summed E-state index contributed by atoms with van der Waals surface area (Å²) in [4.78, 5) is 19.5. The SMILES string of the molecule is COc1ccc(OCCn2c([C@H]3CC(=O)N(Cc4ccc(F)cc4)C3)nc3ccccc32)cc1. The van der Waals surface area contributed by atoms with Crippen molar-refractivity contribution in [3.63, 3.8) is 0 Å². The van der Waals surface area contributed by atoms with Crippen LogP contribution in [-0.2, 0) is 17.9 Å². The molecule has 0 N–H and O–H groups in total. The fraction of sp³-hybridized carbons (Fsp3) is 0.259. The molecule has 0 unspecified atom stereocenters. The summed E-state index contributed by atoms with van der Waals surface area (Å²) < 4.78 is 26.6. The van der Waals surface area contributed by atoms with Crippen LogP contribution < -0.4 is 9.47 Å². The van der Waals surface area contributed by atoms with Gasteiger partial charge in [-0.05, 0) is 54.1 Å². The van der Waals surface area contributed by atoms with Crippen LogP contribution in [0, 0.1) is 5.82 Å². The number of hydrogen-bond acceptors (Lipinski definition) is 4. The van der Waals surface area contributed by atoms with E-state index in [1.165, 1.54) is 12.1 Å². The van der Waals surface area contributed by atoms with Crippen molar-refractivity contribution < 1.29 is 18.7 Å². The standard InChI is InChI=1S/C27H26FN3O3/c1-33-22-10-12-23(13-11-22)34-15-14-31-25-5-3-2-4-24(25)29-27(31)20-16-26(32)30(18-20)17-19-6-8-21(28)9-7-19/h2-13,20H,14-18H2,1H3/t20-/m0/s1. The molecule has 174 valence electrons. The third-order valence-corrected chi connectivity index (χ3v) is 6.19.